The number of imidazole rings is 1. The lowest BCUT2D eigenvalue weighted by atomic mass is 10.1. The second-order valence-electron chi connectivity index (χ2n) is 4.02. The first kappa shape index (κ1) is 11.7. The molecule has 0 fully saturated rings. The fraction of sp³-hybridized carbons (Fsp3) is 0.0769. The van der Waals surface area contributed by atoms with Crippen molar-refractivity contribution in [2.24, 2.45) is 0 Å². The molecule has 0 atom stereocenters. The molecule has 0 unspecified atom stereocenters. The Morgan fingerprint density at radius 3 is 2.58 bits per heavy atom. The predicted octanol–water partition coefficient (Wildman–Crippen LogP) is 3.64. The molecule has 0 aliphatic heterocycles. The molecule has 0 radical (unpaired) electrons. The Morgan fingerprint density at radius 2 is 1.84 bits per heavy atom. The first-order chi connectivity index (χ1) is 9.05. The predicted molar refractivity (Wildman–Crippen MR) is 64.3 cm³/mol. The largest absolute Gasteiger partial charge is 0.417 e. The molecule has 0 spiro atoms. The molecule has 0 amide bonds. The molecule has 3 rings (SSSR count). The van der Waals surface area contributed by atoms with E-state index in [0.29, 0.717) is 11.0 Å². The average molecular weight is 263 g/mol. The summed E-state index contributed by atoms with van der Waals surface area (Å²) in [6.45, 7) is 0. The summed E-state index contributed by atoms with van der Waals surface area (Å²) in [6, 6.07) is 6.99. The lowest BCUT2D eigenvalue weighted by molar-refractivity contribution is -0.137. The zero-order valence-electron chi connectivity index (χ0n) is 9.57. The van der Waals surface area contributed by atoms with E-state index in [2.05, 4.69) is 15.0 Å². The van der Waals surface area contributed by atoms with Gasteiger partial charge in [-0.25, -0.2) is 4.98 Å². The summed E-state index contributed by atoms with van der Waals surface area (Å²) in [5.74, 6) is 0.191. The summed E-state index contributed by atoms with van der Waals surface area (Å²) in [5.41, 5.74) is 0.518. The molecule has 96 valence electrons. The van der Waals surface area contributed by atoms with E-state index in [1.807, 2.05) is 0 Å². The smallest absolute Gasteiger partial charge is 0.337 e. The first-order valence-electron chi connectivity index (χ1n) is 5.52. The number of benzene rings is 1. The summed E-state index contributed by atoms with van der Waals surface area (Å²) in [4.78, 5) is 10.9. The quantitative estimate of drug-likeness (QED) is 0.728. The molecule has 0 aliphatic carbocycles. The number of nitrogens with one attached hydrogen (secondary N) is 1. The van der Waals surface area contributed by atoms with Crippen LogP contribution in [0, 0.1) is 0 Å². The van der Waals surface area contributed by atoms with Gasteiger partial charge in [-0.15, -0.1) is 0 Å². The van der Waals surface area contributed by atoms with Gasteiger partial charge in [-0.2, -0.15) is 13.2 Å². The van der Waals surface area contributed by atoms with Gasteiger partial charge in [0.25, 0.3) is 0 Å². The van der Waals surface area contributed by atoms with Crippen molar-refractivity contribution < 1.29 is 13.2 Å². The summed E-state index contributed by atoms with van der Waals surface area (Å²) < 4.78 is 38.8. The van der Waals surface area contributed by atoms with Gasteiger partial charge < -0.3 is 4.98 Å². The van der Waals surface area contributed by atoms with Gasteiger partial charge in [-0.05, 0) is 12.1 Å². The van der Waals surface area contributed by atoms with E-state index in [-0.39, 0.29) is 11.4 Å². The maximum Gasteiger partial charge on any atom is 0.417 e. The van der Waals surface area contributed by atoms with Gasteiger partial charge in [0.2, 0.25) is 0 Å². The SMILES string of the molecule is FC(F)(F)c1ccccc1-c1nc2ccncc2[nH]1. The van der Waals surface area contributed by atoms with Crippen LogP contribution in [0.3, 0.4) is 0 Å². The third-order valence-electron chi connectivity index (χ3n) is 2.77. The molecule has 0 bridgehead atoms. The molecule has 2 heterocycles. The Labute approximate surface area is 106 Å². The Balaban J connectivity index is 2.22. The van der Waals surface area contributed by atoms with Crippen LogP contribution in [0.15, 0.2) is 42.7 Å². The Morgan fingerprint density at radius 1 is 1.05 bits per heavy atom. The number of nitrogens with zero attached hydrogens (tertiary/aromatic N) is 2. The second kappa shape index (κ2) is 4.08. The van der Waals surface area contributed by atoms with Crippen LogP contribution < -0.4 is 0 Å². The van der Waals surface area contributed by atoms with E-state index in [1.165, 1.54) is 18.3 Å². The highest BCUT2D eigenvalue weighted by Gasteiger charge is 2.34. The average Bonchev–Trinajstić information content (AvgIpc) is 2.81. The third-order valence-corrected chi connectivity index (χ3v) is 2.77. The highest BCUT2D eigenvalue weighted by Crippen LogP contribution is 2.36. The van der Waals surface area contributed by atoms with E-state index in [9.17, 15) is 13.2 Å². The molecule has 0 saturated carbocycles. The monoisotopic (exact) mass is 263 g/mol. The lowest BCUT2D eigenvalue weighted by Crippen LogP contribution is -2.07. The van der Waals surface area contributed by atoms with Gasteiger partial charge in [0.15, 0.2) is 0 Å². The topological polar surface area (TPSA) is 41.6 Å². The number of halogens is 3. The van der Waals surface area contributed by atoms with Crippen molar-refractivity contribution in [3.63, 3.8) is 0 Å². The molecule has 3 aromatic rings. The van der Waals surface area contributed by atoms with Crippen LogP contribution in [0.25, 0.3) is 22.4 Å². The van der Waals surface area contributed by atoms with Crippen LogP contribution in [0.1, 0.15) is 5.56 Å². The number of aromatic amines is 1. The molecular weight excluding hydrogens is 255 g/mol. The molecule has 2 aromatic heterocycles. The van der Waals surface area contributed by atoms with Crippen molar-refractivity contribution in [3.8, 4) is 11.4 Å². The summed E-state index contributed by atoms with van der Waals surface area (Å²) in [5, 5.41) is 0. The number of aromatic nitrogens is 3. The van der Waals surface area contributed by atoms with E-state index in [1.54, 1.807) is 18.3 Å². The van der Waals surface area contributed by atoms with Gasteiger partial charge in [-0.1, -0.05) is 18.2 Å². The minimum absolute atomic E-state index is 0.0335. The zero-order chi connectivity index (χ0) is 13.5. The normalized spacial score (nSPS) is 11.9. The van der Waals surface area contributed by atoms with Crippen LogP contribution in [-0.2, 0) is 6.18 Å². The molecule has 19 heavy (non-hydrogen) atoms. The molecule has 0 aliphatic rings. The first-order valence-corrected chi connectivity index (χ1v) is 5.52. The summed E-state index contributed by atoms with van der Waals surface area (Å²) >= 11 is 0. The summed E-state index contributed by atoms with van der Waals surface area (Å²) in [6.07, 6.45) is -1.33. The second-order valence-corrected chi connectivity index (χ2v) is 4.02. The van der Waals surface area contributed by atoms with Crippen LogP contribution in [0.2, 0.25) is 0 Å². The zero-order valence-corrected chi connectivity index (χ0v) is 9.57. The molecule has 1 aromatic carbocycles. The molecule has 6 heteroatoms. The van der Waals surface area contributed by atoms with E-state index < -0.39 is 11.7 Å². The Kier molecular flexibility index (Phi) is 2.51. The van der Waals surface area contributed by atoms with Crippen LogP contribution in [-0.4, -0.2) is 15.0 Å². The number of hydrogen-bond acceptors (Lipinski definition) is 2. The van der Waals surface area contributed by atoms with Gasteiger partial charge in [0.05, 0.1) is 22.8 Å². The van der Waals surface area contributed by atoms with Crippen molar-refractivity contribution in [3.05, 3.63) is 48.3 Å². The summed E-state index contributed by atoms with van der Waals surface area (Å²) in [7, 11) is 0. The van der Waals surface area contributed by atoms with E-state index in [0.717, 1.165) is 6.07 Å². The maximum atomic E-state index is 12.9. The molecule has 3 nitrogen and oxygen atoms in total. The number of fused-ring (bicyclic) bond motifs is 1. The minimum atomic E-state index is -4.41. The van der Waals surface area contributed by atoms with Crippen molar-refractivity contribution in [2.75, 3.05) is 0 Å². The van der Waals surface area contributed by atoms with Gasteiger partial charge >= 0.3 is 6.18 Å². The maximum absolute atomic E-state index is 12.9. The van der Waals surface area contributed by atoms with Gasteiger partial charge in [-0.3, -0.25) is 4.98 Å². The highest BCUT2D eigenvalue weighted by molar-refractivity contribution is 5.79. The lowest BCUT2D eigenvalue weighted by Gasteiger charge is -2.10. The van der Waals surface area contributed by atoms with Crippen LogP contribution in [0.5, 0.6) is 0 Å². The van der Waals surface area contributed by atoms with E-state index >= 15 is 0 Å². The van der Waals surface area contributed by atoms with E-state index in [4.69, 9.17) is 0 Å². The fourth-order valence-electron chi connectivity index (χ4n) is 1.92. The number of pyridine rings is 1. The minimum Gasteiger partial charge on any atom is -0.337 e. The number of alkyl halides is 3. The van der Waals surface area contributed by atoms with Crippen molar-refractivity contribution >= 4 is 11.0 Å². The molecule has 0 saturated heterocycles. The molecular formula is C13H8F3N3. The van der Waals surface area contributed by atoms with Crippen LogP contribution in [0.4, 0.5) is 13.2 Å². The van der Waals surface area contributed by atoms with Gasteiger partial charge in [0, 0.05) is 11.8 Å². The molecule has 1 N–H and O–H groups in total. The number of rotatable bonds is 1. The number of hydrogen-bond donors (Lipinski definition) is 1. The standard InChI is InChI=1S/C13H8F3N3/c14-13(15,16)9-4-2-1-3-8(9)12-18-10-5-6-17-7-11(10)19-12/h1-7H,(H,18,19). The van der Waals surface area contributed by atoms with Crippen molar-refractivity contribution in [2.45, 2.75) is 6.18 Å². The van der Waals surface area contributed by atoms with Crippen LogP contribution >= 0.6 is 0 Å². The van der Waals surface area contributed by atoms with Crippen molar-refractivity contribution in [1.82, 2.24) is 15.0 Å². The number of H-pyrrole nitrogens is 1. The highest BCUT2D eigenvalue weighted by atomic mass is 19.4. The Hall–Kier alpha value is -2.37. The fourth-order valence-corrected chi connectivity index (χ4v) is 1.92. The third kappa shape index (κ3) is 2.05. The van der Waals surface area contributed by atoms with Crippen molar-refractivity contribution in [1.29, 1.82) is 0 Å². The van der Waals surface area contributed by atoms with Gasteiger partial charge in [0.1, 0.15) is 5.82 Å². The Bertz CT molecular complexity index is 698.